The molecule has 6 nitrogen and oxygen atoms in total. The Balaban J connectivity index is 1.51. The zero-order valence-electron chi connectivity index (χ0n) is 15.3. The highest BCUT2D eigenvalue weighted by Crippen LogP contribution is 2.24. The normalized spacial score (nSPS) is 14.2. The molecule has 1 amide bonds. The van der Waals surface area contributed by atoms with Gasteiger partial charge in [0.1, 0.15) is 11.4 Å². The van der Waals surface area contributed by atoms with Gasteiger partial charge in [0.2, 0.25) is 5.91 Å². The first-order valence-corrected chi connectivity index (χ1v) is 9.19. The van der Waals surface area contributed by atoms with Crippen molar-refractivity contribution in [1.82, 2.24) is 0 Å². The highest BCUT2D eigenvalue weighted by Gasteiger charge is 2.27. The number of amides is 1. The van der Waals surface area contributed by atoms with Crippen LogP contribution in [0.5, 0.6) is 0 Å². The molecule has 2 N–H and O–H groups in total. The summed E-state index contributed by atoms with van der Waals surface area (Å²) in [7, 11) is 0. The second kappa shape index (κ2) is 7.72. The van der Waals surface area contributed by atoms with Gasteiger partial charge >= 0.3 is 0 Å². The van der Waals surface area contributed by atoms with Crippen molar-refractivity contribution in [1.29, 1.82) is 0 Å². The number of carbonyl (C=O) groups is 1. The van der Waals surface area contributed by atoms with Crippen LogP contribution in [0.1, 0.15) is 44.6 Å². The van der Waals surface area contributed by atoms with E-state index in [0.29, 0.717) is 23.8 Å². The Morgan fingerprint density at radius 1 is 1.08 bits per heavy atom. The zero-order chi connectivity index (χ0) is 18.7. The van der Waals surface area contributed by atoms with Crippen LogP contribution in [-0.2, 0) is 4.79 Å². The minimum Gasteiger partial charge on any atom is -0.379 e. The van der Waals surface area contributed by atoms with Crippen molar-refractivity contribution in [2.24, 2.45) is 0 Å². The molecule has 138 valence electrons. The Morgan fingerprint density at radius 3 is 2.35 bits per heavy atom. The molecule has 1 heterocycles. The van der Waals surface area contributed by atoms with Crippen molar-refractivity contribution in [3.05, 3.63) is 50.3 Å². The van der Waals surface area contributed by atoms with Crippen LogP contribution in [0.2, 0.25) is 0 Å². The van der Waals surface area contributed by atoms with Crippen LogP contribution in [-0.4, -0.2) is 25.5 Å². The van der Waals surface area contributed by atoms with Crippen molar-refractivity contribution in [3.63, 3.8) is 0 Å². The van der Waals surface area contributed by atoms with Gasteiger partial charge in [-0.2, -0.15) is 0 Å². The molecular formula is C20H25N3O3. The second-order valence-electron chi connectivity index (χ2n) is 7.08. The van der Waals surface area contributed by atoms with Gasteiger partial charge in [0, 0.05) is 31.7 Å². The highest BCUT2D eigenvalue weighted by atomic mass is 16.2. The van der Waals surface area contributed by atoms with Crippen molar-refractivity contribution in [3.8, 4) is 0 Å². The lowest BCUT2D eigenvalue weighted by Crippen LogP contribution is -2.42. The molecule has 0 radical (unpaired) electrons. The quantitative estimate of drug-likeness (QED) is 0.746. The number of carbonyl (C=O) groups excluding carboxylic acids is 1. The summed E-state index contributed by atoms with van der Waals surface area (Å²) in [6.45, 7) is 6.19. The lowest BCUT2D eigenvalue weighted by Gasteiger charge is -2.22. The molecule has 26 heavy (non-hydrogen) atoms. The summed E-state index contributed by atoms with van der Waals surface area (Å²) in [6.07, 6.45) is 2.30. The number of benzene rings is 1. The van der Waals surface area contributed by atoms with E-state index >= 15 is 0 Å². The molecule has 0 unspecified atom stereocenters. The fourth-order valence-electron chi connectivity index (χ4n) is 3.26. The Bertz CT molecular complexity index is 842. The van der Waals surface area contributed by atoms with Gasteiger partial charge in [0.05, 0.1) is 0 Å². The minimum absolute atomic E-state index is 0.129. The Kier molecular flexibility index (Phi) is 5.40. The second-order valence-corrected chi connectivity index (χ2v) is 7.08. The SMILES string of the molecule is CC(C)c1ccc(NC(=O)CCNc2c(N3CCCC3)c(=O)c2=O)cc1. The average molecular weight is 355 g/mol. The van der Waals surface area contributed by atoms with Gasteiger partial charge in [0.25, 0.3) is 10.9 Å². The van der Waals surface area contributed by atoms with E-state index in [1.807, 2.05) is 29.2 Å². The standard InChI is InChI=1S/C20H25N3O3/c1-13(2)14-5-7-15(8-6-14)22-16(24)9-10-21-17-18(20(26)19(17)25)23-11-3-4-12-23/h5-8,13,21H,3-4,9-12H2,1-2H3,(H,22,24). The largest absolute Gasteiger partial charge is 0.379 e. The molecule has 0 saturated carbocycles. The summed E-state index contributed by atoms with van der Waals surface area (Å²) in [5.74, 6) is 0.320. The summed E-state index contributed by atoms with van der Waals surface area (Å²) >= 11 is 0. The molecule has 1 saturated heterocycles. The Hall–Kier alpha value is -2.63. The van der Waals surface area contributed by atoms with Crippen LogP contribution in [0.15, 0.2) is 33.9 Å². The van der Waals surface area contributed by atoms with E-state index in [9.17, 15) is 14.4 Å². The zero-order valence-corrected chi connectivity index (χ0v) is 15.3. The van der Waals surface area contributed by atoms with Gasteiger partial charge < -0.3 is 15.5 Å². The van der Waals surface area contributed by atoms with E-state index in [2.05, 4.69) is 24.5 Å². The van der Waals surface area contributed by atoms with E-state index in [1.54, 1.807) is 0 Å². The molecule has 0 spiro atoms. The number of anilines is 3. The topological polar surface area (TPSA) is 78.5 Å². The first kappa shape index (κ1) is 18.2. The lowest BCUT2D eigenvalue weighted by atomic mass is 10.0. The molecule has 6 heteroatoms. The molecular weight excluding hydrogens is 330 g/mol. The van der Waals surface area contributed by atoms with Gasteiger partial charge in [-0.3, -0.25) is 14.4 Å². The summed E-state index contributed by atoms with van der Waals surface area (Å²) in [5.41, 5.74) is 1.95. The maximum absolute atomic E-state index is 12.1. The van der Waals surface area contributed by atoms with Gasteiger partial charge in [-0.1, -0.05) is 26.0 Å². The number of nitrogens with one attached hydrogen (secondary N) is 2. The fourth-order valence-corrected chi connectivity index (χ4v) is 3.26. The van der Waals surface area contributed by atoms with Crippen molar-refractivity contribution >= 4 is 23.0 Å². The third-order valence-corrected chi connectivity index (χ3v) is 4.82. The first-order chi connectivity index (χ1) is 12.5. The maximum atomic E-state index is 12.1. The van der Waals surface area contributed by atoms with Crippen molar-refractivity contribution in [2.75, 3.05) is 35.2 Å². The number of hydrogen-bond acceptors (Lipinski definition) is 5. The molecule has 0 aromatic heterocycles. The molecule has 0 aliphatic carbocycles. The molecule has 1 fully saturated rings. The summed E-state index contributed by atoms with van der Waals surface area (Å²) in [5, 5.41) is 5.82. The lowest BCUT2D eigenvalue weighted by molar-refractivity contribution is -0.115. The van der Waals surface area contributed by atoms with E-state index < -0.39 is 10.9 Å². The van der Waals surface area contributed by atoms with Gasteiger partial charge in [-0.25, -0.2) is 0 Å². The molecule has 0 bridgehead atoms. The van der Waals surface area contributed by atoms with Crippen LogP contribution in [0.25, 0.3) is 0 Å². The number of nitrogens with zero attached hydrogens (tertiary/aromatic N) is 1. The van der Waals surface area contributed by atoms with Gasteiger partial charge in [0.15, 0.2) is 0 Å². The molecule has 1 aliphatic heterocycles. The number of rotatable bonds is 7. The minimum atomic E-state index is -0.475. The van der Waals surface area contributed by atoms with E-state index in [-0.39, 0.29) is 12.3 Å². The summed E-state index contributed by atoms with van der Waals surface area (Å²) < 4.78 is 0. The molecule has 1 aliphatic rings. The van der Waals surface area contributed by atoms with Crippen LogP contribution in [0.4, 0.5) is 17.1 Å². The average Bonchev–Trinajstić information content (AvgIpc) is 3.14. The highest BCUT2D eigenvalue weighted by molar-refractivity contribution is 5.91. The van der Waals surface area contributed by atoms with E-state index in [1.165, 1.54) is 5.56 Å². The summed E-state index contributed by atoms with van der Waals surface area (Å²) in [4.78, 5) is 37.6. The fraction of sp³-hybridized carbons (Fsp3) is 0.450. The third-order valence-electron chi connectivity index (χ3n) is 4.82. The number of hydrogen-bond donors (Lipinski definition) is 2. The van der Waals surface area contributed by atoms with Gasteiger partial charge in [-0.15, -0.1) is 0 Å². The van der Waals surface area contributed by atoms with Crippen LogP contribution < -0.4 is 26.4 Å². The monoisotopic (exact) mass is 355 g/mol. The van der Waals surface area contributed by atoms with Crippen molar-refractivity contribution < 1.29 is 4.79 Å². The first-order valence-electron chi connectivity index (χ1n) is 9.19. The Morgan fingerprint density at radius 2 is 1.73 bits per heavy atom. The third kappa shape index (κ3) is 3.79. The maximum Gasteiger partial charge on any atom is 0.253 e. The predicted molar refractivity (Wildman–Crippen MR) is 105 cm³/mol. The van der Waals surface area contributed by atoms with E-state index in [0.717, 1.165) is 31.6 Å². The smallest absolute Gasteiger partial charge is 0.253 e. The predicted octanol–water partition coefficient (Wildman–Crippen LogP) is 2.45. The Labute approximate surface area is 152 Å². The van der Waals surface area contributed by atoms with Crippen LogP contribution in [0, 0.1) is 0 Å². The van der Waals surface area contributed by atoms with Crippen LogP contribution in [0.3, 0.4) is 0 Å². The summed E-state index contributed by atoms with van der Waals surface area (Å²) in [6, 6.07) is 7.79. The van der Waals surface area contributed by atoms with Gasteiger partial charge in [-0.05, 0) is 36.5 Å². The van der Waals surface area contributed by atoms with Crippen molar-refractivity contribution in [2.45, 2.75) is 39.0 Å². The van der Waals surface area contributed by atoms with E-state index in [4.69, 9.17) is 0 Å². The molecule has 3 rings (SSSR count). The van der Waals surface area contributed by atoms with Crippen LogP contribution >= 0.6 is 0 Å². The molecule has 0 atom stereocenters. The molecule has 2 aromatic rings. The molecule has 2 aromatic carbocycles.